The first-order valence-electron chi connectivity index (χ1n) is 7.03. The van der Waals surface area contributed by atoms with Crippen LogP contribution in [0.1, 0.15) is 11.1 Å². The van der Waals surface area contributed by atoms with Crippen molar-refractivity contribution in [1.82, 2.24) is 4.98 Å². The Bertz CT molecular complexity index is 665. The molecule has 0 amide bonds. The van der Waals surface area contributed by atoms with E-state index in [1.807, 2.05) is 31.2 Å². The van der Waals surface area contributed by atoms with Gasteiger partial charge >= 0.3 is 0 Å². The highest BCUT2D eigenvalue weighted by Gasteiger charge is 2.08. The lowest BCUT2D eigenvalue weighted by Crippen LogP contribution is -2.22. The Hall–Kier alpha value is -1.97. The molecule has 0 unspecified atom stereocenters. The molecule has 1 heterocycles. The molecule has 0 saturated carbocycles. The number of hydrogen-bond acceptors (Lipinski definition) is 3. The van der Waals surface area contributed by atoms with Crippen molar-refractivity contribution < 1.29 is 13.5 Å². The number of rotatable bonds is 6. The number of nitrogens with one attached hydrogen (secondary N) is 1. The zero-order valence-corrected chi connectivity index (χ0v) is 15.4. The number of nitrogens with zero attached hydrogens (tertiary/aromatic N) is 2. The summed E-state index contributed by atoms with van der Waals surface area (Å²) in [6.07, 6.45) is -1.08. The number of halogens is 3. The predicted octanol–water partition coefficient (Wildman–Crippen LogP) is 3.58. The maximum atomic E-state index is 12.2. The molecule has 2 rings (SSSR count). The number of guanidine groups is 1. The van der Waals surface area contributed by atoms with Gasteiger partial charge in [-0.15, -0.1) is 24.0 Å². The third-order valence-corrected chi connectivity index (χ3v) is 2.94. The van der Waals surface area contributed by atoms with E-state index in [2.05, 4.69) is 15.3 Å². The number of alkyl halides is 2. The van der Waals surface area contributed by atoms with Gasteiger partial charge in [-0.3, -0.25) is 0 Å². The van der Waals surface area contributed by atoms with Gasteiger partial charge in [0.15, 0.2) is 12.6 Å². The van der Waals surface area contributed by atoms with Crippen LogP contribution < -0.4 is 15.8 Å². The van der Waals surface area contributed by atoms with Crippen LogP contribution in [-0.4, -0.2) is 24.0 Å². The average Bonchev–Trinajstić information content (AvgIpc) is 2.54. The van der Waals surface area contributed by atoms with Crippen molar-refractivity contribution in [2.24, 2.45) is 10.7 Å². The Morgan fingerprint density at radius 2 is 2.00 bits per heavy atom. The zero-order chi connectivity index (χ0) is 16.7. The van der Waals surface area contributed by atoms with Crippen LogP contribution in [0.5, 0.6) is 5.88 Å². The van der Waals surface area contributed by atoms with Crippen LogP contribution >= 0.6 is 24.0 Å². The second-order valence-corrected chi connectivity index (χ2v) is 4.86. The maximum Gasteiger partial charge on any atom is 0.272 e. The normalized spacial score (nSPS) is 11.1. The first-order valence-corrected chi connectivity index (χ1v) is 7.03. The van der Waals surface area contributed by atoms with Crippen molar-refractivity contribution in [3.8, 4) is 5.88 Å². The highest BCUT2D eigenvalue weighted by Crippen LogP contribution is 2.16. The van der Waals surface area contributed by atoms with Crippen molar-refractivity contribution in [3.63, 3.8) is 0 Å². The Morgan fingerprint density at radius 3 is 2.67 bits per heavy atom. The summed E-state index contributed by atoms with van der Waals surface area (Å²) in [7, 11) is 0. The molecule has 0 radical (unpaired) electrons. The highest BCUT2D eigenvalue weighted by atomic mass is 127. The SMILES string of the molecule is Cc1ccc(NC(N)=NCc2cccnc2OCC(F)F)cc1.I. The van der Waals surface area contributed by atoms with E-state index in [1.54, 1.807) is 12.1 Å². The molecule has 3 N–H and O–H groups in total. The molecule has 0 spiro atoms. The smallest absolute Gasteiger partial charge is 0.272 e. The van der Waals surface area contributed by atoms with Gasteiger partial charge in [0.2, 0.25) is 5.88 Å². The molecule has 1 aromatic carbocycles. The summed E-state index contributed by atoms with van der Waals surface area (Å²) in [4.78, 5) is 8.11. The van der Waals surface area contributed by atoms with Crippen molar-refractivity contribution in [3.05, 3.63) is 53.7 Å². The molecule has 0 saturated heterocycles. The van der Waals surface area contributed by atoms with Crippen LogP contribution in [0.2, 0.25) is 0 Å². The summed E-state index contributed by atoms with van der Waals surface area (Å²) in [5, 5.41) is 2.96. The summed E-state index contributed by atoms with van der Waals surface area (Å²) in [6, 6.07) is 11.1. The van der Waals surface area contributed by atoms with E-state index in [4.69, 9.17) is 10.5 Å². The molecule has 24 heavy (non-hydrogen) atoms. The lowest BCUT2D eigenvalue weighted by Gasteiger charge is -2.09. The van der Waals surface area contributed by atoms with Crippen LogP contribution in [0.25, 0.3) is 0 Å². The van der Waals surface area contributed by atoms with E-state index in [0.29, 0.717) is 5.56 Å². The van der Waals surface area contributed by atoms with Gasteiger partial charge in [-0.1, -0.05) is 23.8 Å². The van der Waals surface area contributed by atoms with Gasteiger partial charge in [0.25, 0.3) is 6.43 Å². The minimum Gasteiger partial charge on any atom is -0.471 e. The number of anilines is 1. The van der Waals surface area contributed by atoms with E-state index >= 15 is 0 Å². The Balaban J connectivity index is 0.00000288. The summed E-state index contributed by atoms with van der Waals surface area (Å²) in [5.41, 5.74) is 8.36. The van der Waals surface area contributed by atoms with E-state index in [1.165, 1.54) is 6.20 Å². The number of benzene rings is 1. The van der Waals surface area contributed by atoms with Crippen molar-refractivity contribution in [2.45, 2.75) is 19.9 Å². The first kappa shape index (κ1) is 20.1. The summed E-state index contributed by atoms with van der Waals surface area (Å²) >= 11 is 0. The highest BCUT2D eigenvalue weighted by molar-refractivity contribution is 14.0. The van der Waals surface area contributed by atoms with Gasteiger partial charge in [-0.05, 0) is 25.1 Å². The molecule has 0 aliphatic rings. The number of aliphatic imine (C=N–C) groups is 1. The number of aryl methyl sites for hydroxylation is 1. The lowest BCUT2D eigenvalue weighted by atomic mass is 10.2. The fourth-order valence-electron chi connectivity index (χ4n) is 1.81. The minimum absolute atomic E-state index is 0. The summed E-state index contributed by atoms with van der Waals surface area (Å²) < 4.78 is 29.4. The van der Waals surface area contributed by atoms with Crippen LogP contribution in [0.15, 0.2) is 47.6 Å². The fraction of sp³-hybridized carbons (Fsp3) is 0.250. The Labute approximate surface area is 156 Å². The van der Waals surface area contributed by atoms with E-state index in [9.17, 15) is 8.78 Å². The number of hydrogen-bond donors (Lipinski definition) is 2. The molecule has 5 nitrogen and oxygen atoms in total. The van der Waals surface area contributed by atoms with Gasteiger partial charge in [0.05, 0.1) is 6.54 Å². The first-order chi connectivity index (χ1) is 11.0. The summed E-state index contributed by atoms with van der Waals surface area (Å²) in [6.45, 7) is 1.46. The molecule has 0 aliphatic carbocycles. The van der Waals surface area contributed by atoms with E-state index in [0.717, 1.165) is 11.3 Å². The van der Waals surface area contributed by atoms with Crippen molar-refractivity contribution in [1.29, 1.82) is 0 Å². The molecule has 0 aliphatic heterocycles. The van der Waals surface area contributed by atoms with Crippen LogP contribution in [0.3, 0.4) is 0 Å². The number of ether oxygens (including phenoxy) is 1. The third-order valence-electron chi connectivity index (χ3n) is 2.94. The third kappa shape index (κ3) is 6.65. The minimum atomic E-state index is -2.55. The molecular formula is C16H19F2IN4O. The topological polar surface area (TPSA) is 72.5 Å². The zero-order valence-electron chi connectivity index (χ0n) is 13.1. The Morgan fingerprint density at radius 1 is 1.29 bits per heavy atom. The monoisotopic (exact) mass is 448 g/mol. The summed E-state index contributed by atoms with van der Waals surface area (Å²) in [5.74, 6) is 0.359. The molecule has 0 bridgehead atoms. The molecule has 130 valence electrons. The van der Waals surface area contributed by atoms with Gasteiger partial charge < -0.3 is 15.8 Å². The maximum absolute atomic E-state index is 12.2. The predicted molar refractivity (Wildman–Crippen MR) is 101 cm³/mol. The molecule has 0 fully saturated rings. The molecule has 2 aromatic rings. The van der Waals surface area contributed by atoms with Crippen molar-refractivity contribution >= 4 is 35.6 Å². The molecular weight excluding hydrogens is 429 g/mol. The van der Waals surface area contributed by atoms with Gasteiger partial charge in [-0.25, -0.2) is 18.8 Å². The van der Waals surface area contributed by atoms with Crippen LogP contribution in [0, 0.1) is 6.92 Å². The van der Waals surface area contributed by atoms with E-state index in [-0.39, 0.29) is 42.4 Å². The van der Waals surface area contributed by atoms with Gasteiger partial charge in [0, 0.05) is 17.4 Å². The second-order valence-electron chi connectivity index (χ2n) is 4.86. The standard InChI is InChI=1S/C16H18F2N4O.HI/c1-11-4-6-13(7-5-11)22-16(19)21-9-12-3-2-8-20-15(12)23-10-14(17)18;/h2-8,14H,9-10H2,1H3,(H3,19,21,22);1H. The average molecular weight is 448 g/mol. The molecule has 0 atom stereocenters. The fourth-order valence-corrected chi connectivity index (χ4v) is 1.81. The van der Waals surface area contributed by atoms with Gasteiger partial charge in [-0.2, -0.15) is 0 Å². The number of aromatic nitrogens is 1. The number of pyridine rings is 1. The van der Waals surface area contributed by atoms with Gasteiger partial charge in [0.1, 0.15) is 0 Å². The molecule has 8 heteroatoms. The van der Waals surface area contributed by atoms with Crippen molar-refractivity contribution in [2.75, 3.05) is 11.9 Å². The van der Waals surface area contributed by atoms with Crippen LogP contribution in [0.4, 0.5) is 14.5 Å². The largest absolute Gasteiger partial charge is 0.471 e. The number of nitrogens with two attached hydrogens (primary N) is 1. The lowest BCUT2D eigenvalue weighted by molar-refractivity contribution is 0.0791. The quantitative estimate of drug-likeness (QED) is 0.403. The van der Waals surface area contributed by atoms with E-state index < -0.39 is 13.0 Å². The second kappa shape index (κ2) is 10.0. The molecule has 1 aromatic heterocycles. The van der Waals surface area contributed by atoms with Crippen LogP contribution in [-0.2, 0) is 6.54 Å². The Kier molecular flexibility index (Phi) is 8.37.